The predicted molar refractivity (Wildman–Crippen MR) is 120 cm³/mol. The molecule has 1 aliphatic rings. The minimum absolute atomic E-state index is 0.183. The van der Waals surface area contributed by atoms with Crippen LogP contribution in [0.5, 0.6) is 5.75 Å². The van der Waals surface area contributed by atoms with Gasteiger partial charge in [0.1, 0.15) is 11.6 Å². The molecule has 0 unspecified atom stereocenters. The number of para-hydroxylation sites is 1. The molecule has 33 heavy (non-hydrogen) atoms. The summed E-state index contributed by atoms with van der Waals surface area (Å²) in [5.74, 6) is 0.353. The number of hydrogen-bond donors (Lipinski definition) is 1. The number of methoxy groups -OCH3 is 1. The van der Waals surface area contributed by atoms with Gasteiger partial charge in [-0.2, -0.15) is 0 Å². The van der Waals surface area contributed by atoms with E-state index in [2.05, 4.69) is 15.3 Å². The molecule has 8 heteroatoms. The first-order valence-electron chi connectivity index (χ1n) is 10.8. The Morgan fingerprint density at radius 1 is 1.18 bits per heavy atom. The molecule has 1 saturated heterocycles. The first-order chi connectivity index (χ1) is 16.0. The number of likely N-dealkylation sites (tertiary alicyclic amines) is 1. The summed E-state index contributed by atoms with van der Waals surface area (Å²) in [6, 6.07) is 12.7. The Labute approximate surface area is 191 Å². The number of carbonyl (C=O) groups is 2. The molecule has 1 fully saturated rings. The van der Waals surface area contributed by atoms with Gasteiger partial charge in [-0.25, -0.2) is 14.4 Å². The lowest BCUT2D eigenvalue weighted by Crippen LogP contribution is -2.32. The van der Waals surface area contributed by atoms with Crippen molar-refractivity contribution < 1.29 is 18.7 Å². The molecule has 0 aliphatic carbocycles. The molecule has 1 aliphatic heterocycles. The zero-order valence-electron chi connectivity index (χ0n) is 18.5. The van der Waals surface area contributed by atoms with Crippen LogP contribution < -0.4 is 10.1 Å². The van der Waals surface area contributed by atoms with Gasteiger partial charge in [0.15, 0.2) is 5.82 Å². The van der Waals surface area contributed by atoms with Gasteiger partial charge in [-0.1, -0.05) is 18.2 Å². The van der Waals surface area contributed by atoms with E-state index in [1.165, 1.54) is 30.5 Å². The maximum atomic E-state index is 13.2. The monoisotopic (exact) mass is 448 g/mol. The second-order valence-electron chi connectivity index (χ2n) is 7.89. The number of nitrogens with zero attached hydrogens (tertiary/aromatic N) is 3. The number of aryl methyl sites for hydroxylation is 1. The van der Waals surface area contributed by atoms with E-state index in [1.807, 2.05) is 24.3 Å². The van der Waals surface area contributed by atoms with E-state index >= 15 is 0 Å². The number of halogens is 1. The Balaban J connectivity index is 1.47. The zero-order valence-corrected chi connectivity index (χ0v) is 18.5. The summed E-state index contributed by atoms with van der Waals surface area (Å²) in [7, 11) is 1.59. The summed E-state index contributed by atoms with van der Waals surface area (Å²) >= 11 is 0. The zero-order chi connectivity index (χ0) is 23.4. The van der Waals surface area contributed by atoms with Gasteiger partial charge in [0.25, 0.3) is 11.8 Å². The Kier molecular flexibility index (Phi) is 6.63. The molecule has 3 aromatic rings. The van der Waals surface area contributed by atoms with Crippen molar-refractivity contribution in [1.29, 1.82) is 0 Å². The molecule has 2 amide bonds. The number of rotatable bonds is 6. The van der Waals surface area contributed by atoms with Crippen LogP contribution in [0.4, 0.5) is 4.39 Å². The van der Waals surface area contributed by atoms with E-state index in [0.717, 1.165) is 18.4 Å². The predicted octanol–water partition coefficient (Wildman–Crippen LogP) is 3.84. The molecule has 2 aromatic carbocycles. The van der Waals surface area contributed by atoms with Crippen molar-refractivity contribution in [2.45, 2.75) is 32.4 Å². The highest BCUT2D eigenvalue weighted by molar-refractivity contribution is 5.95. The van der Waals surface area contributed by atoms with Crippen molar-refractivity contribution >= 4 is 11.8 Å². The maximum absolute atomic E-state index is 13.2. The van der Waals surface area contributed by atoms with E-state index in [4.69, 9.17) is 4.74 Å². The van der Waals surface area contributed by atoms with Crippen LogP contribution in [-0.4, -0.2) is 40.3 Å². The summed E-state index contributed by atoms with van der Waals surface area (Å²) in [5, 5.41) is 2.88. The van der Waals surface area contributed by atoms with Crippen LogP contribution in [0, 0.1) is 12.7 Å². The Hall–Kier alpha value is -3.81. The average Bonchev–Trinajstić information content (AvgIpc) is 3.32. The minimum Gasteiger partial charge on any atom is -0.496 e. The van der Waals surface area contributed by atoms with Crippen LogP contribution in [0.2, 0.25) is 0 Å². The number of nitrogens with one attached hydrogen (secondary N) is 1. The van der Waals surface area contributed by atoms with E-state index < -0.39 is 0 Å². The molecule has 1 aromatic heterocycles. The largest absolute Gasteiger partial charge is 0.496 e. The number of benzene rings is 2. The van der Waals surface area contributed by atoms with Gasteiger partial charge < -0.3 is 15.0 Å². The summed E-state index contributed by atoms with van der Waals surface area (Å²) in [6.45, 7) is 2.64. The standard InChI is InChI=1S/C25H25FN4O3/c1-16-20(24(31)28-14-18-6-3-4-8-22(18)33-2)15-27-23(29-16)21-7-5-13-30(21)25(32)17-9-11-19(26)12-10-17/h3-4,6,8-12,15,21H,5,7,13-14H2,1-2H3,(H,28,31)/t21-/m1/s1. The lowest BCUT2D eigenvalue weighted by molar-refractivity contribution is 0.0729. The highest BCUT2D eigenvalue weighted by Crippen LogP contribution is 2.31. The van der Waals surface area contributed by atoms with E-state index in [1.54, 1.807) is 18.9 Å². The number of ether oxygens (including phenoxy) is 1. The molecule has 7 nitrogen and oxygen atoms in total. The summed E-state index contributed by atoms with van der Waals surface area (Å²) in [5.41, 5.74) is 2.21. The highest BCUT2D eigenvalue weighted by Gasteiger charge is 2.33. The van der Waals surface area contributed by atoms with Gasteiger partial charge in [0.05, 0.1) is 24.4 Å². The van der Waals surface area contributed by atoms with Crippen molar-refractivity contribution in [2.24, 2.45) is 0 Å². The fourth-order valence-electron chi connectivity index (χ4n) is 4.02. The fourth-order valence-corrected chi connectivity index (χ4v) is 4.02. The van der Waals surface area contributed by atoms with E-state index in [9.17, 15) is 14.0 Å². The third-order valence-electron chi connectivity index (χ3n) is 5.78. The molecule has 1 N–H and O–H groups in total. The van der Waals surface area contributed by atoms with E-state index in [-0.39, 0.29) is 23.7 Å². The van der Waals surface area contributed by atoms with Gasteiger partial charge in [-0.15, -0.1) is 0 Å². The van der Waals surface area contributed by atoms with Gasteiger partial charge in [-0.3, -0.25) is 9.59 Å². The van der Waals surface area contributed by atoms with Crippen LogP contribution in [-0.2, 0) is 6.54 Å². The Bertz CT molecular complexity index is 1170. The summed E-state index contributed by atoms with van der Waals surface area (Å²) < 4.78 is 18.5. The van der Waals surface area contributed by atoms with Crippen molar-refractivity contribution in [3.05, 3.63) is 88.8 Å². The molecule has 4 rings (SSSR count). The van der Waals surface area contributed by atoms with Crippen molar-refractivity contribution in [1.82, 2.24) is 20.2 Å². The minimum atomic E-state index is -0.386. The van der Waals surface area contributed by atoms with Crippen LogP contribution in [0.15, 0.2) is 54.7 Å². The molecule has 0 bridgehead atoms. The first kappa shape index (κ1) is 22.4. The number of hydrogen-bond acceptors (Lipinski definition) is 5. The summed E-state index contributed by atoms with van der Waals surface area (Å²) in [4.78, 5) is 36.4. The molecule has 0 radical (unpaired) electrons. The lowest BCUT2D eigenvalue weighted by atomic mass is 10.1. The van der Waals surface area contributed by atoms with Gasteiger partial charge in [-0.05, 0) is 50.1 Å². The van der Waals surface area contributed by atoms with Crippen LogP contribution in [0.3, 0.4) is 0 Å². The third-order valence-corrected chi connectivity index (χ3v) is 5.78. The molecule has 0 spiro atoms. The second-order valence-corrected chi connectivity index (χ2v) is 7.89. The first-order valence-corrected chi connectivity index (χ1v) is 10.8. The number of aromatic nitrogens is 2. The van der Waals surface area contributed by atoms with Gasteiger partial charge in [0, 0.05) is 30.4 Å². The van der Waals surface area contributed by atoms with Crippen molar-refractivity contribution in [3.8, 4) is 5.75 Å². The smallest absolute Gasteiger partial charge is 0.254 e. The van der Waals surface area contributed by atoms with Gasteiger partial charge in [0.2, 0.25) is 0 Å². The fraction of sp³-hybridized carbons (Fsp3) is 0.280. The molecule has 2 heterocycles. The van der Waals surface area contributed by atoms with Crippen molar-refractivity contribution in [2.75, 3.05) is 13.7 Å². The van der Waals surface area contributed by atoms with E-state index in [0.29, 0.717) is 41.5 Å². The molecule has 1 atom stereocenters. The highest BCUT2D eigenvalue weighted by atomic mass is 19.1. The second kappa shape index (κ2) is 9.77. The molecular weight excluding hydrogens is 423 g/mol. The average molecular weight is 448 g/mol. The molecule has 170 valence electrons. The quantitative estimate of drug-likeness (QED) is 0.619. The topological polar surface area (TPSA) is 84.4 Å². The van der Waals surface area contributed by atoms with Crippen molar-refractivity contribution in [3.63, 3.8) is 0 Å². The van der Waals surface area contributed by atoms with Crippen LogP contribution in [0.1, 0.15) is 56.7 Å². The number of amides is 2. The SMILES string of the molecule is COc1ccccc1CNC(=O)c1cnc([C@H]2CCCN2C(=O)c2ccc(F)cc2)nc1C. The Morgan fingerprint density at radius 3 is 2.67 bits per heavy atom. The lowest BCUT2D eigenvalue weighted by Gasteiger charge is -2.24. The Morgan fingerprint density at radius 2 is 1.94 bits per heavy atom. The normalized spacial score (nSPS) is 15.4. The van der Waals surface area contributed by atoms with Gasteiger partial charge >= 0.3 is 0 Å². The maximum Gasteiger partial charge on any atom is 0.254 e. The summed E-state index contributed by atoms with van der Waals surface area (Å²) in [6.07, 6.45) is 3.06. The number of carbonyl (C=O) groups excluding carboxylic acids is 2. The third kappa shape index (κ3) is 4.84. The molecular formula is C25H25FN4O3. The van der Waals surface area contributed by atoms with Crippen LogP contribution in [0.25, 0.3) is 0 Å². The van der Waals surface area contributed by atoms with Crippen LogP contribution >= 0.6 is 0 Å². The molecule has 0 saturated carbocycles.